The number of fused-ring (bicyclic) bond motifs is 1. The summed E-state index contributed by atoms with van der Waals surface area (Å²) in [7, 11) is 3.04. The van der Waals surface area contributed by atoms with Crippen molar-refractivity contribution in [1.82, 2.24) is 10.6 Å². The van der Waals surface area contributed by atoms with Crippen molar-refractivity contribution in [2.45, 2.75) is 19.9 Å². The Morgan fingerprint density at radius 3 is 2.46 bits per heavy atom. The normalized spacial score (nSPS) is 17.1. The molecule has 0 spiro atoms. The summed E-state index contributed by atoms with van der Waals surface area (Å²) < 4.78 is 10.3. The number of hydrogen-bond donors (Lipinski definition) is 2. The van der Waals surface area contributed by atoms with Crippen molar-refractivity contribution in [3.8, 4) is 5.75 Å². The summed E-state index contributed by atoms with van der Waals surface area (Å²) >= 11 is 5.36. The molecule has 2 aromatic carbocycles. The van der Waals surface area contributed by atoms with Gasteiger partial charge >= 0.3 is 5.97 Å². The van der Waals surface area contributed by atoms with E-state index in [1.807, 2.05) is 44.2 Å². The zero-order valence-electron chi connectivity index (χ0n) is 15.3. The average molecular weight is 370 g/mol. The van der Waals surface area contributed by atoms with Crippen molar-refractivity contribution < 1.29 is 14.3 Å². The molecule has 2 aromatic rings. The second-order valence-electron chi connectivity index (χ2n) is 6.48. The van der Waals surface area contributed by atoms with E-state index in [1.54, 1.807) is 7.11 Å². The molecule has 26 heavy (non-hydrogen) atoms. The number of carbonyl (C=O) groups is 1. The zero-order valence-corrected chi connectivity index (χ0v) is 16.1. The quantitative estimate of drug-likeness (QED) is 0.635. The van der Waals surface area contributed by atoms with E-state index in [0.29, 0.717) is 10.7 Å². The number of esters is 1. The smallest absolute Gasteiger partial charge is 0.337 e. The molecule has 136 valence electrons. The number of allylic oxidation sites excluding steroid dienone is 1. The molecule has 1 aliphatic rings. The summed E-state index contributed by atoms with van der Waals surface area (Å²) in [5, 5.41) is 8.95. The topological polar surface area (TPSA) is 59.6 Å². The Morgan fingerprint density at radius 2 is 1.81 bits per heavy atom. The maximum atomic E-state index is 12.5. The number of hydrogen-bond acceptors (Lipinski definition) is 4. The first-order valence-corrected chi connectivity index (χ1v) is 8.83. The van der Waals surface area contributed by atoms with Crippen LogP contribution >= 0.6 is 12.2 Å². The first-order chi connectivity index (χ1) is 12.4. The summed E-state index contributed by atoms with van der Waals surface area (Å²) in [5.74, 6) is 0.552. The molecule has 0 bridgehead atoms. The number of benzene rings is 2. The highest BCUT2D eigenvalue weighted by atomic mass is 32.1. The van der Waals surface area contributed by atoms with Gasteiger partial charge in [0.15, 0.2) is 5.11 Å². The highest BCUT2D eigenvalue weighted by molar-refractivity contribution is 7.80. The van der Waals surface area contributed by atoms with Gasteiger partial charge in [-0.1, -0.05) is 32.0 Å². The van der Waals surface area contributed by atoms with Crippen LogP contribution in [0.2, 0.25) is 0 Å². The summed E-state index contributed by atoms with van der Waals surface area (Å²) in [5.41, 5.74) is 2.30. The molecule has 3 rings (SSSR count). The molecule has 0 amide bonds. The van der Waals surface area contributed by atoms with Gasteiger partial charge in [-0.2, -0.15) is 0 Å². The first kappa shape index (κ1) is 18.2. The van der Waals surface area contributed by atoms with Crippen LogP contribution < -0.4 is 15.4 Å². The third kappa shape index (κ3) is 3.37. The van der Waals surface area contributed by atoms with Crippen LogP contribution in [-0.2, 0) is 9.53 Å². The number of rotatable bonds is 4. The standard InChI is InChI=1S/C20H22N2O3S/c1-11(2)17-16(19(23)25-4)18(22-20(26)21-17)14-6-5-13-10-15(24-3)8-7-12(13)9-14/h5-11,18H,1-4H3,(H2,21,22,26)/t18-/m1/s1. The van der Waals surface area contributed by atoms with Crippen LogP contribution in [0.4, 0.5) is 0 Å². The highest BCUT2D eigenvalue weighted by Crippen LogP contribution is 2.32. The molecule has 0 aromatic heterocycles. The van der Waals surface area contributed by atoms with Crippen molar-refractivity contribution in [2.24, 2.45) is 5.92 Å². The van der Waals surface area contributed by atoms with Crippen molar-refractivity contribution in [3.63, 3.8) is 0 Å². The van der Waals surface area contributed by atoms with Crippen LogP contribution in [0.5, 0.6) is 5.75 Å². The zero-order chi connectivity index (χ0) is 18.8. The molecule has 1 atom stereocenters. The molecule has 0 saturated heterocycles. The minimum Gasteiger partial charge on any atom is -0.497 e. The number of nitrogens with one attached hydrogen (secondary N) is 2. The van der Waals surface area contributed by atoms with Crippen LogP contribution in [0.1, 0.15) is 25.5 Å². The van der Waals surface area contributed by atoms with Crippen LogP contribution in [-0.4, -0.2) is 25.3 Å². The van der Waals surface area contributed by atoms with Gasteiger partial charge in [0.05, 0.1) is 25.8 Å². The first-order valence-electron chi connectivity index (χ1n) is 8.42. The van der Waals surface area contributed by atoms with E-state index in [-0.39, 0.29) is 17.9 Å². The SMILES string of the molecule is COC(=O)C1=C(C(C)C)NC(=S)N[C@@H]1c1ccc2cc(OC)ccc2c1. The Kier molecular flexibility index (Phi) is 5.13. The highest BCUT2D eigenvalue weighted by Gasteiger charge is 2.33. The maximum absolute atomic E-state index is 12.5. The molecular formula is C20H22N2O3S. The monoisotopic (exact) mass is 370 g/mol. The molecule has 0 unspecified atom stereocenters. The van der Waals surface area contributed by atoms with Crippen LogP contribution in [0.3, 0.4) is 0 Å². The second kappa shape index (κ2) is 7.33. The Bertz CT molecular complexity index is 905. The van der Waals surface area contributed by atoms with E-state index < -0.39 is 0 Å². The molecule has 0 saturated carbocycles. The van der Waals surface area contributed by atoms with E-state index in [0.717, 1.165) is 27.8 Å². The fourth-order valence-electron chi connectivity index (χ4n) is 3.18. The Labute approximate surface area is 158 Å². The van der Waals surface area contributed by atoms with E-state index in [2.05, 4.69) is 16.7 Å². The van der Waals surface area contributed by atoms with Gasteiger partial charge in [-0.3, -0.25) is 0 Å². The lowest BCUT2D eigenvalue weighted by Crippen LogP contribution is -2.46. The molecule has 6 heteroatoms. The van der Waals surface area contributed by atoms with Crippen molar-refractivity contribution in [2.75, 3.05) is 14.2 Å². The summed E-state index contributed by atoms with van der Waals surface area (Å²) in [6, 6.07) is 11.6. The molecule has 0 radical (unpaired) electrons. The lowest BCUT2D eigenvalue weighted by Gasteiger charge is -2.32. The van der Waals surface area contributed by atoms with Crippen LogP contribution in [0.15, 0.2) is 47.7 Å². The molecule has 0 aliphatic carbocycles. The van der Waals surface area contributed by atoms with Gasteiger partial charge in [0.2, 0.25) is 0 Å². The average Bonchev–Trinajstić information content (AvgIpc) is 2.65. The van der Waals surface area contributed by atoms with Crippen LogP contribution in [0.25, 0.3) is 10.8 Å². The van der Waals surface area contributed by atoms with Gasteiger partial charge in [-0.15, -0.1) is 0 Å². The fraction of sp³-hybridized carbons (Fsp3) is 0.300. The van der Waals surface area contributed by atoms with Gasteiger partial charge < -0.3 is 20.1 Å². The maximum Gasteiger partial charge on any atom is 0.337 e. The van der Waals surface area contributed by atoms with Gasteiger partial charge in [-0.05, 0) is 52.7 Å². The lowest BCUT2D eigenvalue weighted by molar-refractivity contribution is -0.136. The molecule has 5 nitrogen and oxygen atoms in total. The van der Waals surface area contributed by atoms with E-state index >= 15 is 0 Å². The second-order valence-corrected chi connectivity index (χ2v) is 6.89. The number of methoxy groups -OCH3 is 2. The largest absolute Gasteiger partial charge is 0.497 e. The number of ether oxygens (including phenoxy) is 2. The third-order valence-corrected chi connectivity index (χ3v) is 4.71. The summed E-state index contributed by atoms with van der Waals surface area (Å²) in [6.07, 6.45) is 0. The van der Waals surface area contributed by atoms with Gasteiger partial charge in [0, 0.05) is 5.70 Å². The number of thiocarbonyl (C=S) groups is 1. The minimum absolute atomic E-state index is 0.108. The van der Waals surface area contributed by atoms with Crippen molar-refractivity contribution in [3.05, 3.63) is 53.2 Å². The Hall–Kier alpha value is -2.60. The molecule has 0 fully saturated rings. The van der Waals surface area contributed by atoms with Crippen molar-refractivity contribution >= 4 is 34.1 Å². The van der Waals surface area contributed by atoms with E-state index in [9.17, 15) is 4.79 Å². The Morgan fingerprint density at radius 1 is 1.12 bits per heavy atom. The van der Waals surface area contributed by atoms with Crippen molar-refractivity contribution in [1.29, 1.82) is 0 Å². The lowest BCUT2D eigenvalue weighted by atomic mass is 9.90. The van der Waals surface area contributed by atoms with Crippen LogP contribution in [0, 0.1) is 5.92 Å². The molecule has 1 heterocycles. The predicted octanol–water partition coefficient (Wildman–Crippen LogP) is 3.45. The summed E-state index contributed by atoms with van der Waals surface area (Å²) in [4.78, 5) is 12.5. The van der Waals surface area contributed by atoms with Gasteiger partial charge in [-0.25, -0.2) is 4.79 Å². The molecule has 2 N–H and O–H groups in total. The number of carbonyl (C=O) groups excluding carboxylic acids is 1. The molecular weight excluding hydrogens is 348 g/mol. The molecule has 1 aliphatic heterocycles. The minimum atomic E-state index is -0.365. The van der Waals surface area contributed by atoms with Gasteiger partial charge in [0.25, 0.3) is 0 Å². The van der Waals surface area contributed by atoms with E-state index in [1.165, 1.54) is 7.11 Å². The van der Waals surface area contributed by atoms with E-state index in [4.69, 9.17) is 21.7 Å². The third-order valence-electron chi connectivity index (χ3n) is 4.49. The Balaban J connectivity index is 2.12. The van der Waals surface area contributed by atoms with Gasteiger partial charge in [0.1, 0.15) is 5.75 Å². The fourth-order valence-corrected chi connectivity index (χ4v) is 3.40. The summed E-state index contributed by atoms with van der Waals surface area (Å²) in [6.45, 7) is 4.03. The predicted molar refractivity (Wildman–Crippen MR) is 106 cm³/mol.